The Kier molecular flexibility index (Phi) is 6.14. The van der Waals surface area contributed by atoms with Crippen LogP contribution in [0.15, 0.2) is 24.3 Å². The van der Waals surface area contributed by atoms with Crippen molar-refractivity contribution < 1.29 is 4.79 Å². The maximum Gasteiger partial charge on any atom is 0.221 e. The van der Waals surface area contributed by atoms with Crippen LogP contribution in [0, 0.1) is 0 Å². The predicted octanol–water partition coefficient (Wildman–Crippen LogP) is 1.65. The molecule has 0 aromatic heterocycles. The van der Waals surface area contributed by atoms with Crippen LogP contribution in [0.5, 0.6) is 0 Å². The van der Waals surface area contributed by atoms with E-state index in [2.05, 4.69) is 10.6 Å². The molecule has 1 aromatic carbocycles. The Labute approximate surface area is 113 Å². The van der Waals surface area contributed by atoms with Crippen LogP contribution >= 0.6 is 12.2 Å². The van der Waals surface area contributed by atoms with Crippen LogP contribution in [0.1, 0.15) is 25.3 Å². The van der Waals surface area contributed by atoms with Crippen LogP contribution in [-0.4, -0.2) is 24.0 Å². The Morgan fingerprint density at radius 3 is 2.72 bits per heavy atom. The van der Waals surface area contributed by atoms with Crippen molar-refractivity contribution in [3.8, 4) is 0 Å². The fourth-order valence-electron chi connectivity index (χ4n) is 1.52. The quantitative estimate of drug-likeness (QED) is 0.656. The van der Waals surface area contributed by atoms with Crippen LogP contribution in [0.4, 0.5) is 5.69 Å². The number of hydrogen-bond acceptors (Lipinski definition) is 3. The number of hydrogen-bond donors (Lipinski definition) is 3. The molecule has 0 bridgehead atoms. The molecule has 98 valence electrons. The van der Waals surface area contributed by atoms with Gasteiger partial charge in [-0.15, -0.1) is 0 Å². The Hall–Kier alpha value is -1.62. The van der Waals surface area contributed by atoms with E-state index in [9.17, 15) is 4.79 Å². The average Bonchev–Trinajstić information content (AvgIpc) is 2.36. The molecule has 1 amide bonds. The van der Waals surface area contributed by atoms with E-state index >= 15 is 0 Å². The second-order valence-corrected chi connectivity index (χ2v) is 4.38. The van der Waals surface area contributed by atoms with Gasteiger partial charge in [0.15, 0.2) is 0 Å². The van der Waals surface area contributed by atoms with Gasteiger partial charge in [0, 0.05) is 30.8 Å². The van der Waals surface area contributed by atoms with Gasteiger partial charge in [0.1, 0.15) is 4.99 Å². The van der Waals surface area contributed by atoms with E-state index in [1.165, 1.54) is 0 Å². The maximum absolute atomic E-state index is 11.4. The van der Waals surface area contributed by atoms with Crippen LogP contribution in [0.3, 0.4) is 0 Å². The molecule has 0 fully saturated rings. The lowest BCUT2D eigenvalue weighted by Crippen LogP contribution is -2.26. The first-order chi connectivity index (χ1) is 8.65. The minimum absolute atomic E-state index is 0.0529. The number of benzene rings is 1. The molecule has 18 heavy (non-hydrogen) atoms. The van der Waals surface area contributed by atoms with E-state index in [0.29, 0.717) is 18.0 Å². The molecule has 1 aromatic rings. The van der Waals surface area contributed by atoms with Crippen molar-refractivity contribution in [2.45, 2.75) is 19.8 Å². The summed E-state index contributed by atoms with van der Waals surface area (Å²) in [4.78, 5) is 11.8. The molecule has 0 spiro atoms. The highest BCUT2D eigenvalue weighted by Gasteiger charge is 2.04. The summed E-state index contributed by atoms with van der Waals surface area (Å²) in [7, 11) is 0. The van der Waals surface area contributed by atoms with Crippen molar-refractivity contribution in [2.75, 3.05) is 18.4 Å². The highest BCUT2D eigenvalue weighted by atomic mass is 32.1. The third-order valence-electron chi connectivity index (χ3n) is 2.43. The highest BCUT2D eigenvalue weighted by molar-refractivity contribution is 7.80. The van der Waals surface area contributed by atoms with E-state index in [1.807, 2.05) is 31.2 Å². The van der Waals surface area contributed by atoms with Crippen molar-refractivity contribution >= 4 is 28.8 Å². The lowest BCUT2D eigenvalue weighted by molar-refractivity contribution is -0.120. The summed E-state index contributed by atoms with van der Waals surface area (Å²) in [6, 6.07) is 7.55. The molecular weight excluding hydrogens is 246 g/mol. The topological polar surface area (TPSA) is 67.2 Å². The van der Waals surface area contributed by atoms with Crippen molar-refractivity contribution in [3.63, 3.8) is 0 Å². The predicted molar refractivity (Wildman–Crippen MR) is 78.7 cm³/mol. The second kappa shape index (κ2) is 7.66. The maximum atomic E-state index is 11.4. The molecule has 0 atom stereocenters. The molecule has 0 unspecified atom stereocenters. The number of para-hydroxylation sites is 1. The van der Waals surface area contributed by atoms with Gasteiger partial charge in [0.25, 0.3) is 0 Å². The summed E-state index contributed by atoms with van der Waals surface area (Å²) >= 11 is 4.97. The van der Waals surface area contributed by atoms with E-state index in [-0.39, 0.29) is 5.91 Å². The number of carbonyl (C=O) groups excluding carboxylic acids is 1. The summed E-state index contributed by atoms with van der Waals surface area (Å²) in [6.45, 7) is 3.31. The summed E-state index contributed by atoms with van der Waals surface area (Å²) in [5, 5.41) is 6.00. The zero-order chi connectivity index (χ0) is 13.4. The first kappa shape index (κ1) is 14.4. The number of nitrogens with two attached hydrogens (primary N) is 1. The average molecular weight is 265 g/mol. The van der Waals surface area contributed by atoms with Gasteiger partial charge in [-0.25, -0.2) is 0 Å². The number of thiocarbonyl (C=S) groups is 1. The number of nitrogens with one attached hydrogen (secondary N) is 2. The third-order valence-corrected chi connectivity index (χ3v) is 2.65. The molecule has 0 heterocycles. The second-order valence-electron chi connectivity index (χ2n) is 3.94. The fraction of sp³-hybridized carbons (Fsp3) is 0.385. The highest BCUT2D eigenvalue weighted by Crippen LogP contribution is 2.14. The fourth-order valence-corrected chi connectivity index (χ4v) is 1.69. The van der Waals surface area contributed by atoms with E-state index in [1.54, 1.807) is 0 Å². The van der Waals surface area contributed by atoms with Crippen LogP contribution < -0.4 is 16.4 Å². The lowest BCUT2D eigenvalue weighted by atomic mass is 10.1. The number of rotatable bonds is 7. The van der Waals surface area contributed by atoms with Gasteiger partial charge < -0.3 is 16.4 Å². The van der Waals surface area contributed by atoms with Gasteiger partial charge in [-0.1, -0.05) is 31.3 Å². The molecule has 0 saturated carbocycles. The van der Waals surface area contributed by atoms with Gasteiger partial charge in [0.2, 0.25) is 5.91 Å². The zero-order valence-electron chi connectivity index (χ0n) is 10.5. The minimum atomic E-state index is 0.0529. The van der Waals surface area contributed by atoms with Crippen LogP contribution in [-0.2, 0) is 4.79 Å². The van der Waals surface area contributed by atoms with Crippen molar-refractivity contribution in [1.82, 2.24) is 5.32 Å². The normalized spacial score (nSPS) is 9.83. The molecule has 0 radical (unpaired) electrons. The van der Waals surface area contributed by atoms with Gasteiger partial charge in [-0.2, -0.15) is 0 Å². The summed E-state index contributed by atoms with van der Waals surface area (Å²) in [6.07, 6.45) is 1.38. The summed E-state index contributed by atoms with van der Waals surface area (Å²) in [5.41, 5.74) is 7.30. The van der Waals surface area contributed by atoms with E-state index in [0.717, 1.165) is 24.2 Å². The van der Waals surface area contributed by atoms with E-state index in [4.69, 9.17) is 18.0 Å². The Morgan fingerprint density at radius 1 is 1.33 bits per heavy atom. The first-order valence-electron chi connectivity index (χ1n) is 6.04. The zero-order valence-corrected chi connectivity index (χ0v) is 11.3. The number of anilines is 1. The smallest absolute Gasteiger partial charge is 0.221 e. The first-order valence-corrected chi connectivity index (χ1v) is 6.45. The van der Waals surface area contributed by atoms with E-state index < -0.39 is 0 Å². The van der Waals surface area contributed by atoms with Gasteiger partial charge >= 0.3 is 0 Å². The standard InChI is InChI=1S/C13H19N3OS/c1-2-8-16-12(17)7-9-15-11-6-4-3-5-10(11)13(14)18/h3-6,15H,2,7-9H2,1H3,(H2,14,18)(H,16,17). The lowest BCUT2D eigenvalue weighted by Gasteiger charge is -2.10. The molecule has 0 aliphatic carbocycles. The Bertz CT molecular complexity index is 420. The van der Waals surface area contributed by atoms with Gasteiger partial charge in [-0.3, -0.25) is 4.79 Å². The summed E-state index contributed by atoms with van der Waals surface area (Å²) < 4.78 is 0. The molecule has 5 heteroatoms. The molecule has 4 N–H and O–H groups in total. The summed E-state index contributed by atoms with van der Waals surface area (Å²) in [5.74, 6) is 0.0529. The van der Waals surface area contributed by atoms with Crippen LogP contribution in [0.2, 0.25) is 0 Å². The Balaban J connectivity index is 2.44. The third kappa shape index (κ3) is 4.71. The number of carbonyl (C=O) groups is 1. The molecule has 0 aliphatic heterocycles. The molecular formula is C13H19N3OS. The molecule has 4 nitrogen and oxygen atoms in total. The largest absolute Gasteiger partial charge is 0.389 e. The number of amides is 1. The van der Waals surface area contributed by atoms with Gasteiger partial charge in [-0.05, 0) is 18.6 Å². The molecule has 0 aliphatic rings. The van der Waals surface area contributed by atoms with Crippen LogP contribution in [0.25, 0.3) is 0 Å². The van der Waals surface area contributed by atoms with Gasteiger partial charge in [0.05, 0.1) is 0 Å². The van der Waals surface area contributed by atoms with Crippen molar-refractivity contribution in [1.29, 1.82) is 0 Å². The SMILES string of the molecule is CCCNC(=O)CCNc1ccccc1C(N)=S. The molecule has 0 saturated heterocycles. The molecule has 1 rings (SSSR count). The monoisotopic (exact) mass is 265 g/mol. The minimum Gasteiger partial charge on any atom is -0.389 e. The van der Waals surface area contributed by atoms with Crippen molar-refractivity contribution in [3.05, 3.63) is 29.8 Å². The van der Waals surface area contributed by atoms with Crippen molar-refractivity contribution in [2.24, 2.45) is 5.73 Å². The Morgan fingerprint density at radius 2 is 2.06 bits per heavy atom.